The maximum Gasteiger partial charge on any atom is 0.132 e. The minimum atomic E-state index is -0.459. The van der Waals surface area contributed by atoms with Gasteiger partial charge in [-0.3, -0.25) is 0 Å². The number of rotatable bonds is 5. The van der Waals surface area contributed by atoms with Crippen molar-refractivity contribution in [1.29, 1.82) is 0 Å². The van der Waals surface area contributed by atoms with Gasteiger partial charge in [-0.2, -0.15) is 0 Å². The highest BCUT2D eigenvalue weighted by Crippen LogP contribution is 2.23. The van der Waals surface area contributed by atoms with Crippen molar-refractivity contribution in [3.8, 4) is 0 Å². The average molecular weight is 218 g/mol. The van der Waals surface area contributed by atoms with Crippen molar-refractivity contribution >= 4 is 0 Å². The Morgan fingerprint density at radius 1 is 1.44 bits per heavy atom. The van der Waals surface area contributed by atoms with Crippen LogP contribution < -0.4 is 0 Å². The number of furan rings is 1. The molecule has 0 fully saturated rings. The van der Waals surface area contributed by atoms with Crippen molar-refractivity contribution in [2.24, 2.45) is 0 Å². The van der Waals surface area contributed by atoms with Crippen molar-refractivity contribution in [3.05, 3.63) is 47.5 Å². The molecule has 1 aromatic rings. The highest BCUT2D eigenvalue weighted by Gasteiger charge is 2.11. The Kier molecular flexibility index (Phi) is 3.62. The molecule has 0 saturated carbocycles. The summed E-state index contributed by atoms with van der Waals surface area (Å²) in [4.78, 5) is 0. The third kappa shape index (κ3) is 2.86. The van der Waals surface area contributed by atoms with E-state index in [0.717, 1.165) is 31.4 Å². The van der Waals surface area contributed by atoms with E-state index in [-0.39, 0.29) is 0 Å². The summed E-state index contributed by atoms with van der Waals surface area (Å²) < 4.78 is 5.39. The molecule has 2 nitrogen and oxygen atoms in total. The fraction of sp³-hybridized carbons (Fsp3) is 0.429. The van der Waals surface area contributed by atoms with Gasteiger partial charge >= 0.3 is 0 Å². The first-order chi connectivity index (χ1) is 7.75. The van der Waals surface area contributed by atoms with E-state index >= 15 is 0 Å². The molecule has 1 atom stereocenters. The quantitative estimate of drug-likeness (QED) is 0.817. The molecule has 0 amide bonds. The van der Waals surface area contributed by atoms with Crippen LogP contribution in [-0.4, -0.2) is 5.11 Å². The normalized spacial score (nSPS) is 16.5. The molecule has 1 heterocycles. The Morgan fingerprint density at radius 3 is 2.94 bits per heavy atom. The second-order valence-electron chi connectivity index (χ2n) is 4.27. The van der Waals surface area contributed by atoms with E-state index in [9.17, 15) is 5.11 Å². The third-order valence-electron chi connectivity index (χ3n) is 2.88. The summed E-state index contributed by atoms with van der Waals surface area (Å²) in [7, 11) is 0. The monoisotopic (exact) mass is 218 g/mol. The number of aliphatic hydroxyl groups excluding tert-OH is 1. The molecule has 0 aromatic carbocycles. The van der Waals surface area contributed by atoms with Gasteiger partial charge in [-0.1, -0.05) is 23.8 Å². The van der Waals surface area contributed by atoms with Gasteiger partial charge in [0.1, 0.15) is 17.6 Å². The smallest absolute Gasteiger partial charge is 0.132 e. The van der Waals surface area contributed by atoms with Crippen LogP contribution in [0.2, 0.25) is 0 Å². The van der Waals surface area contributed by atoms with E-state index in [2.05, 4.69) is 18.2 Å². The van der Waals surface area contributed by atoms with Crippen LogP contribution in [0.4, 0.5) is 0 Å². The number of aliphatic hydroxyl groups is 1. The van der Waals surface area contributed by atoms with Crippen molar-refractivity contribution in [2.45, 2.75) is 38.7 Å². The highest BCUT2D eigenvalue weighted by molar-refractivity contribution is 5.25. The van der Waals surface area contributed by atoms with Gasteiger partial charge in [0.15, 0.2) is 0 Å². The number of allylic oxidation sites excluding steroid dienone is 4. The van der Waals surface area contributed by atoms with Crippen LogP contribution in [0.5, 0.6) is 0 Å². The Balaban J connectivity index is 1.75. The topological polar surface area (TPSA) is 33.4 Å². The molecule has 2 rings (SSSR count). The standard InChI is InChI=1S/C14H18O2/c1-11-9-10-14(16-11)13(15)8-4-7-12-5-2-3-6-12/h2,5-6,9-10,13,15H,3-4,7-8H2,1H3. The maximum absolute atomic E-state index is 9.88. The fourth-order valence-corrected chi connectivity index (χ4v) is 1.97. The van der Waals surface area contributed by atoms with Crippen molar-refractivity contribution in [3.63, 3.8) is 0 Å². The number of hydrogen-bond donors (Lipinski definition) is 1. The van der Waals surface area contributed by atoms with Crippen molar-refractivity contribution in [2.75, 3.05) is 0 Å². The average Bonchev–Trinajstić information content (AvgIpc) is 2.89. The largest absolute Gasteiger partial charge is 0.464 e. The van der Waals surface area contributed by atoms with Crippen LogP contribution in [0.1, 0.15) is 43.3 Å². The predicted octanol–water partition coefficient (Wildman–Crippen LogP) is 3.68. The summed E-state index contributed by atoms with van der Waals surface area (Å²) >= 11 is 0. The molecule has 16 heavy (non-hydrogen) atoms. The maximum atomic E-state index is 9.88. The van der Waals surface area contributed by atoms with E-state index in [0.29, 0.717) is 5.76 Å². The molecule has 0 spiro atoms. The molecule has 86 valence electrons. The van der Waals surface area contributed by atoms with Gasteiger partial charge < -0.3 is 9.52 Å². The first-order valence-electron chi connectivity index (χ1n) is 5.85. The molecule has 0 saturated heterocycles. The summed E-state index contributed by atoms with van der Waals surface area (Å²) in [5.41, 5.74) is 1.39. The zero-order valence-electron chi connectivity index (χ0n) is 9.65. The van der Waals surface area contributed by atoms with Crippen molar-refractivity contribution in [1.82, 2.24) is 0 Å². The lowest BCUT2D eigenvalue weighted by Crippen LogP contribution is -1.95. The molecular formula is C14H18O2. The van der Waals surface area contributed by atoms with E-state index < -0.39 is 6.10 Å². The zero-order chi connectivity index (χ0) is 11.4. The molecule has 1 unspecified atom stereocenters. The summed E-state index contributed by atoms with van der Waals surface area (Å²) in [6.45, 7) is 1.89. The minimum absolute atomic E-state index is 0.459. The molecule has 1 N–H and O–H groups in total. The SMILES string of the molecule is Cc1ccc(C(O)CCCC2=CCC=C2)o1. The van der Waals surface area contributed by atoms with Crippen LogP contribution in [0.15, 0.2) is 40.4 Å². The Morgan fingerprint density at radius 2 is 2.31 bits per heavy atom. The molecule has 1 aliphatic rings. The van der Waals surface area contributed by atoms with Gasteiger partial charge in [0.05, 0.1) is 0 Å². The summed E-state index contributed by atoms with van der Waals surface area (Å²) in [6.07, 6.45) is 9.99. The summed E-state index contributed by atoms with van der Waals surface area (Å²) in [5.74, 6) is 1.55. The van der Waals surface area contributed by atoms with Gasteiger partial charge in [-0.15, -0.1) is 0 Å². The van der Waals surface area contributed by atoms with E-state index in [1.807, 2.05) is 19.1 Å². The lowest BCUT2D eigenvalue weighted by Gasteiger charge is -2.07. The van der Waals surface area contributed by atoms with Crippen LogP contribution in [0.3, 0.4) is 0 Å². The molecule has 1 aliphatic carbocycles. The Labute approximate surface area is 96.3 Å². The van der Waals surface area contributed by atoms with Crippen LogP contribution >= 0.6 is 0 Å². The minimum Gasteiger partial charge on any atom is -0.464 e. The van der Waals surface area contributed by atoms with E-state index in [1.54, 1.807) is 0 Å². The fourth-order valence-electron chi connectivity index (χ4n) is 1.97. The highest BCUT2D eigenvalue weighted by atomic mass is 16.4. The summed E-state index contributed by atoms with van der Waals surface area (Å²) in [5, 5.41) is 9.88. The van der Waals surface area contributed by atoms with E-state index in [1.165, 1.54) is 5.57 Å². The molecule has 1 aromatic heterocycles. The van der Waals surface area contributed by atoms with Crippen LogP contribution in [0.25, 0.3) is 0 Å². The first kappa shape index (κ1) is 11.2. The second kappa shape index (κ2) is 5.17. The molecule has 2 heteroatoms. The van der Waals surface area contributed by atoms with Crippen LogP contribution in [-0.2, 0) is 0 Å². The van der Waals surface area contributed by atoms with Gasteiger partial charge in [0, 0.05) is 0 Å². The number of hydrogen-bond acceptors (Lipinski definition) is 2. The molecular weight excluding hydrogens is 200 g/mol. The third-order valence-corrected chi connectivity index (χ3v) is 2.88. The predicted molar refractivity (Wildman–Crippen MR) is 64.1 cm³/mol. The van der Waals surface area contributed by atoms with Gasteiger partial charge in [-0.25, -0.2) is 0 Å². The summed E-state index contributed by atoms with van der Waals surface area (Å²) in [6, 6.07) is 3.75. The molecule has 0 radical (unpaired) electrons. The Hall–Kier alpha value is -1.28. The van der Waals surface area contributed by atoms with Crippen molar-refractivity contribution < 1.29 is 9.52 Å². The zero-order valence-corrected chi connectivity index (χ0v) is 9.65. The van der Waals surface area contributed by atoms with Crippen LogP contribution in [0, 0.1) is 6.92 Å². The van der Waals surface area contributed by atoms with Gasteiger partial charge in [0.2, 0.25) is 0 Å². The number of aryl methyl sites for hydroxylation is 1. The Bertz CT molecular complexity index is 399. The van der Waals surface area contributed by atoms with Gasteiger partial charge in [-0.05, 0) is 44.7 Å². The lowest BCUT2D eigenvalue weighted by molar-refractivity contribution is 0.136. The first-order valence-corrected chi connectivity index (χ1v) is 5.85. The molecule has 0 aliphatic heterocycles. The molecule has 0 bridgehead atoms. The van der Waals surface area contributed by atoms with E-state index in [4.69, 9.17) is 4.42 Å². The second-order valence-corrected chi connectivity index (χ2v) is 4.27. The lowest BCUT2D eigenvalue weighted by atomic mass is 10.1. The van der Waals surface area contributed by atoms with Gasteiger partial charge in [0.25, 0.3) is 0 Å².